The van der Waals surface area contributed by atoms with E-state index in [9.17, 15) is 4.79 Å². The quantitative estimate of drug-likeness (QED) is 0.798. The number of nitrogens with one attached hydrogen (secondary N) is 1. The first kappa shape index (κ1) is 11.7. The summed E-state index contributed by atoms with van der Waals surface area (Å²) in [5.74, 6) is -0.00894. The Kier molecular flexibility index (Phi) is 4.84. The van der Waals surface area contributed by atoms with E-state index < -0.39 is 0 Å². The number of nitrogens with zero attached hydrogens (tertiary/aromatic N) is 1. The summed E-state index contributed by atoms with van der Waals surface area (Å²) >= 11 is 5.90. The topological polar surface area (TPSA) is 42.0 Å². The minimum Gasteiger partial charge on any atom is -0.356 e. The molecule has 0 aromatic carbocycles. The van der Waals surface area contributed by atoms with Gasteiger partial charge in [-0.2, -0.15) is 0 Å². The molecule has 0 aliphatic heterocycles. The number of carbonyl (C=O) groups excluding carboxylic acids is 1. The Bertz CT molecular complexity index is 363. The first-order valence-corrected chi connectivity index (χ1v) is 5.08. The lowest BCUT2D eigenvalue weighted by molar-refractivity contribution is -0.118. The summed E-state index contributed by atoms with van der Waals surface area (Å²) < 4.78 is 0. The number of amides is 1. The fraction of sp³-hybridized carbons (Fsp3) is 0.273. The zero-order chi connectivity index (χ0) is 11.1. The van der Waals surface area contributed by atoms with Crippen LogP contribution in [0.3, 0.4) is 0 Å². The van der Waals surface area contributed by atoms with E-state index in [-0.39, 0.29) is 5.91 Å². The summed E-state index contributed by atoms with van der Waals surface area (Å²) in [6.45, 7) is 2.15. The largest absolute Gasteiger partial charge is 0.356 e. The van der Waals surface area contributed by atoms with Crippen LogP contribution in [-0.4, -0.2) is 17.4 Å². The van der Waals surface area contributed by atoms with Crippen molar-refractivity contribution in [3.05, 3.63) is 35.1 Å². The van der Waals surface area contributed by atoms with Gasteiger partial charge in [0.25, 0.3) is 0 Å². The van der Waals surface area contributed by atoms with E-state index in [1.165, 1.54) is 6.92 Å². The number of hydrogen-bond donors (Lipinski definition) is 1. The molecule has 1 amide bonds. The molecule has 0 saturated carbocycles. The van der Waals surface area contributed by atoms with E-state index in [0.29, 0.717) is 11.6 Å². The third-order valence-electron chi connectivity index (χ3n) is 1.79. The summed E-state index contributed by atoms with van der Waals surface area (Å²) in [5.41, 5.74) is 0.939. The van der Waals surface area contributed by atoms with Gasteiger partial charge >= 0.3 is 0 Å². The van der Waals surface area contributed by atoms with Crippen LogP contribution in [0.15, 0.2) is 24.5 Å². The van der Waals surface area contributed by atoms with E-state index in [1.807, 2.05) is 18.2 Å². The van der Waals surface area contributed by atoms with Crippen molar-refractivity contribution in [3.63, 3.8) is 0 Å². The van der Waals surface area contributed by atoms with Crippen molar-refractivity contribution in [1.29, 1.82) is 0 Å². The Hall–Kier alpha value is -1.35. The van der Waals surface area contributed by atoms with Gasteiger partial charge < -0.3 is 5.32 Å². The van der Waals surface area contributed by atoms with Crippen LogP contribution in [0, 0.1) is 0 Å². The molecule has 1 aromatic rings. The van der Waals surface area contributed by atoms with Gasteiger partial charge in [-0.05, 0) is 18.1 Å². The fourth-order valence-electron chi connectivity index (χ4n) is 1.06. The van der Waals surface area contributed by atoms with Crippen molar-refractivity contribution >= 4 is 23.6 Å². The molecule has 0 unspecified atom stereocenters. The van der Waals surface area contributed by atoms with Gasteiger partial charge in [0.05, 0.1) is 5.02 Å². The number of pyridine rings is 1. The number of rotatable bonds is 4. The predicted octanol–water partition coefficient (Wildman–Crippen LogP) is 2.27. The standard InChI is InChI=1S/C11H13ClN2O/c1-9(15)14-6-3-2-4-10-5-7-13-8-11(10)12/h2,4-5,7-8H,3,6H2,1H3,(H,14,15). The minimum atomic E-state index is -0.00894. The molecule has 15 heavy (non-hydrogen) atoms. The van der Waals surface area contributed by atoms with Gasteiger partial charge in [-0.1, -0.05) is 23.8 Å². The molecule has 0 saturated heterocycles. The zero-order valence-electron chi connectivity index (χ0n) is 8.53. The summed E-state index contributed by atoms with van der Waals surface area (Å²) in [7, 11) is 0. The summed E-state index contributed by atoms with van der Waals surface area (Å²) in [5, 5.41) is 3.34. The van der Waals surface area contributed by atoms with Crippen LogP contribution in [0.5, 0.6) is 0 Å². The molecule has 1 rings (SSSR count). The third-order valence-corrected chi connectivity index (χ3v) is 2.10. The van der Waals surface area contributed by atoms with Crippen molar-refractivity contribution in [2.45, 2.75) is 13.3 Å². The summed E-state index contributed by atoms with van der Waals surface area (Å²) in [4.78, 5) is 14.5. The minimum absolute atomic E-state index is 0.00894. The summed E-state index contributed by atoms with van der Waals surface area (Å²) in [6.07, 6.45) is 7.98. The zero-order valence-corrected chi connectivity index (χ0v) is 9.29. The van der Waals surface area contributed by atoms with Crippen LogP contribution in [-0.2, 0) is 4.79 Å². The third kappa shape index (κ3) is 4.61. The Balaban J connectivity index is 2.38. The highest BCUT2D eigenvalue weighted by atomic mass is 35.5. The first-order valence-electron chi connectivity index (χ1n) is 4.70. The fourth-order valence-corrected chi connectivity index (χ4v) is 1.25. The van der Waals surface area contributed by atoms with Crippen LogP contribution >= 0.6 is 11.6 Å². The normalized spacial score (nSPS) is 10.5. The molecule has 0 atom stereocenters. The monoisotopic (exact) mass is 224 g/mol. The molecular weight excluding hydrogens is 212 g/mol. The van der Waals surface area contributed by atoms with Gasteiger partial charge in [0.2, 0.25) is 5.91 Å². The highest BCUT2D eigenvalue weighted by Crippen LogP contribution is 2.14. The molecule has 0 radical (unpaired) electrons. The highest BCUT2D eigenvalue weighted by molar-refractivity contribution is 6.31. The molecule has 0 spiro atoms. The smallest absolute Gasteiger partial charge is 0.216 e. The van der Waals surface area contributed by atoms with E-state index in [4.69, 9.17) is 11.6 Å². The maximum absolute atomic E-state index is 10.6. The first-order chi connectivity index (χ1) is 7.20. The molecule has 0 fully saturated rings. The molecule has 0 bridgehead atoms. The van der Waals surface area contributed by atoms with Crippen molar-refractivity contribution in [2.75, 3.05) is 6.54 Å². The second-order valence-corrected chi connectivity index (χ2v) is 3.48. The van der Waals surface area contributed by atoms with E-state index in [0.717, 1.165) is 12.0 Å². The Labute approximate surface area is 94.2 Å². The second-order valence-electron chi connectivity index (χ2n) is 3.07. The molecule has 0 aliphatic rings. The predicted molar refractivity (Wildman–Crippen MR) is 61.6 cm³/mol. The maximum Gasteiger partial charge on any atom is 0.216 e. The highest BCUT2D eigenvalue weighted by Gasteiger charge is 1.93. The molecular formula is C11H13ClN2O. The molecule has 1 heterocycles. The van der Waals surface area contributed by atoms with Gasteiger partial charge in [0.15, 0.2) is 0 Å². The van der Waals surface area contributed by atoms with E-state index >= 15 is 0 Å². The van der Waals surface area contributed by atoms with E-state index in [2.05, 4.69) is 10.3 Å². The van der Waals surface area contributed by atoms with Crippen LogP contribution < -0.4 is 5.32 Å². The van der Waals surface area contributed by atoms with Gasteiger partial charge in [-0.3, -0.25) is 9.78 Å². The molecule has 0 aliphatic carbocycles. The lowest BCUT2D eigenvalue weighted by Gasteiger charge is -1.98. The van der Waals surface area contributed by atoms with Gasteiger partial charge in [-0.25, -0.2) is 0 Å². The van der Waals surface area contributed by atoms with Gasteiger partial charge in [-0.15, -0.1) is 0 Å². The van der Waals surface area contributed by atoms with Crippen molar-refractivity contribution in [1.82, 2.24) is 10.3 Å². The maximum atomic E-state index is 10.6. The molecule has 3 nitrogen and oxygen atoms in total. The van der Waals surface area contributed by atoms with Crippen LogP contribution in [0.1, 0.15) is 18.9 Å². The molecule has 1 aromatic heterocycles. The van der Waals surface area contributed by atoms with Crippen LogP contribution in [0.25, 0.3) is 6.08 Å². The Morgan fingerprint density at radius 1 is 1.67 bits per heavy atom. The van der Waals surface area contributed by atoms with Crippen LogP contribution in [0.4, 0.5) is 0 Å². The lowest BCUT2D eigenvalue weighted by atomic mass is 10.2. The van der Waals surface area contributed by atoms with E-state index in [1.54, 1.807) is 12.4 Å². The van der Waals surface area contributed by atoms with Gasteiger partial charge in [0, 0.05) is 25.9 Å². The Morgan fingerprint density at radius 3 is 3.13 bits per heavy atom. The van der Waals surface area contributed by atoms with Crippen LogP contribution in [0.2, 0.25) is 5.02 Å². The number of aromatic nitrogens is 1. The molecule has 80 valence electrons. The van der Waals surface area contributed by atoms with Gasteiger partial charge in [0.1, 0.15) is 0 Å². The van der Waals surface area contributed by atoms with Crippen molar-refractivity contribution in [3.8, 4) is 0 Å². The second kappa shape index (κ2) is 6.19. The number of carbonyl (C=O) groups is 1. The SMILES string of the molecule is CC(=O)NCCC=Cc1ccncc1Cl. The molecule has 1 N–H and O–H groups in total. The summed E-state index contributed by atoms with van der Waals surface area (Å²) in [6, 6.07) is 1.84. The van der Waals surface area contributed by atoms with Crippen molar-refractivity contribution in [2.24, 2.45) is 0 Å². The number of hydrogen-bond acceptors (Lipinski definition) is 2. The number of halogens is 1. The molecule has 4 heteroatoms. The van der Waals surface area contributed by atoms with Crippen molar-refractivity contribution < 1.29 is 4.79 Å². The lowest BCUT2D eigenvalue weighted by Crippen LogP contribution is -2.20. The Morgan fingerprint density at radius 2 is 2.47 bits per heavy atom. The average Bonchev–Trinajstić information content (AvgIpc) is 2.20. The average molecular weight is 225 g/mol.